The molecular weight excluding hydrogens is 665 g/mol. The Bertz CT molecular complexity index is 1140. The van der Waals surface area contributed by atoms with Crippen molar-refractivity contribution in [1.82, 2.24) is 9.55 Å². The number of carbonyl (C=O) groups excluding carboxylic acids is 2. The Hall–Kier alpha value is -0.810. The molecule has 1 aromatic rings. The van der Waals surface area contributed by atoms with Gasteiger partial charge in [-0.3, -0.25) is 27.7 Å². The summed E-state index contributed by atoms with van der Waals surface area (Å²) in [5.41, 5.74) is 3.83. The number of thioether (sulfide) groups is 2. The van der Waals surface area contributed by atoms with Crippen LogP contribution < -0.4 is 11.4 Å². The first-order valence-corrected chi connectivity index (χ1v) is 16.9. The van der Waals surface area contributed by atoms with E-state index >= 15 is 0 Å². The fraction of sp³-hybridized carbons (Fsp3) is 0.750. The van der Waals surface area contributed by atoms with E-state index in [1.807, 2.05) is 0 Å². The second-order valence-electron chi connectivity index (χ2n) is 11.1. The molecule has 2 rings (SSSR count). The van der Waals surface area contributed by atoms with E-state index in [-0.39, 0.29) is 40.8 Å². The summed E-state index contributed by atoms with van der Waals surface area (Å²) >= 11 is 5.27. The van der Waals surface area contributed by atoms with Gasteiger partial charge < -0.3 is 20.3 Å². The number of carbonyl (C=O) groups is 2. The summed E-state index contributed by atoms with van der Waals surface area (Å²) in [5, 5.41) is 10.7. The minimum Gasteiger partial charge on any atom is -0.387 e. The van der Waals surface area contributed by atoms with Crippen molar-refractivity contribution in [3.63, 3.8) is 0 Å². The van der Waals surface area contributed by atoms with Gasteiger partial charge in [-0.2, -0.15) is 4.98 Å². The number of halogens is 1. The smallest absolute Gasteiger partial charge is 0.387 e. The number of aliphatic hydroxyl groups excluding tert-OH is 1. The molecule has 4 unspecified atom stereocenters. The molecule has 0 amide bonds. The molecule has 0 saturated carbocycles. The lowest BCUT2D eigenvalue weighted by Crippen LogP contribution is -2.37. The van der Waals surface area contributed by atoms with Crippen LogP contribution in [0.5, 0.6) is 0 Å². The molecule has 0 spiro atoms. The van der Waals surface area contributed by atoms with E-state index in [0.717, 1.165) is 28.1 Å². The first-order valence-electron chi connectivity index (χ1n) is 12.7. The molecule has 0 aliphatic carbocycles. The SMILES string of the molecule is COC1C(O)C(COP(=O)(OCCSC(=O)C(C)(C)C)OCCSC(=O)C(C)(C)C)OC1n1cc(Br)c(N)nc1=O. The number of aromatic nitrogens is 2. The first kappa shape index (κ1) is 36.4. The van der Waals surface area contributed by atoms with Gasteiger partial charge in [0.25, 0.3) is 0 Å². The summed E-state index contributed by atoms with van der Waals surface area (Å²) in [6.07, 6.45) is -3.12. The van der Waals surface area contributed by atoms with E-state index in [9.17, 15) is 24.1 Å². The van der Waals surface area contributed by atoms with Crippen molar-refractivity contribution in [2.45, 2.75) is 66.1 Å². The Balaban J connectivity index is 2.10. The highest BCUT2D eigenvalue weighted by atomic mass is 79.9. The Morgan fingerprint density at radius 1 is 1.10 bits per heavy atom. The van der Waals surface area contributed by atoms with Crippen LogP contribution in [0.1, 0.15) is 47.8 Å². The molecule has 2 heterocycles. The maximum atomic E-state index is 13.5. The summed E-state index contributed by atoms with van der Waals surface area (Å²) in [4.78, 5) is 40.6. The van der Waals surface area contributed by atoms with Crippen LogP contribution in [0.15, 0.2) is 15.5 Å². The van der Waals surface area contributed by atoms with Crippen molar-refractivity contribution < 1.29 is 42.3 Å². The van der Waals surface area contributed by atoms with Gasteiger partial charge in [-0.05, 0) is 15.9 Å². The first-order chi connectivity index (χ1) is 18.9. The monoisotopic (exact) mass is 703 g/mol. The topological polar surface area (TPSA) is 178 Å². The average molecular weight is 705 g/mol. The van der Waals surface area contributed by atoms with Gasteiger partial charge in [0.15, 0.2) is 16.5 Å². The number of rotatable bonds is 13. The van der Waals surface area contributed by atoms with Crippen molar-refractivity contribution in [3.8, 4) is 0 Å². The third-order valence-corrected chi connectivity index (χ3v) is 10.1. The van der Waals surface area contributed by atoms with Crippen molar-refractivity contribution in [1.29, 1.82) is 0 Å². The quantitative estimate of drug-likeness (QED) is 0.225. The van der Waals surface area contributed by atoms with Gasteiger partial charge in [0, 0.05) is 35.6 Å². The molecule has 4 atom stereocenters. The van der Waals surface area contributed by atoms with E-state index in [0.29, 0.717) is 4.47 Å². The van der Waals surface area contributed by atoms with Crippen LogP contribution in [0.3, 0.4) is 0 Å². The maximum Gasteiger partial charge on any atom is 0.474 e. The zero-order valence-electron chi connectivity index (χ0n) is 24.2. The molecule has 0 bridgehead atoms. The molecule has 0 radical (unpaired) electrons. The van der Waals surface area contributed by atoms with E-state index < -0.39 is 55.5 Å². The second-order valence-corrected chi connectivity index (χ2v) is 15.8. The number of anilines is 1. The lowest BCUT2D eigenvalue weighted by atomic mass is 9.99. The lowest BCUT2D eigenvalue weighted by Gasteiger charge is -2.22. The predicted molar refractivity (Wildman–Crippen MR) is 161 cm³/mol. The van der Waals surface area contributed by atoms with Crippen molar-refractivity contribution >= 4 is 63.3 Å². The van der Waals surface area contributed by atoms with Gasteiger partial charge in [-0.15, -0.1) is 0 Å². The van der Waals surface area contributed by atoms with Crippen LogP contribution >= 0.6 is 47.3 Å². The fourth-order valence-electron chi connectivity index (χ4n) is 3.25. The Kier molecular flexibility index (Phi) is 13.5. The van der Waals surface area contributed by atoms with Gasteiger partial charge in [0.2, 0.25) is 0 Å². The number of methoxy groups -OCH3 is 1. The number of phosphoric ester groups is 1. The highest BCUT2D eigenvalue weighted by Gasteiger charge is 2.47. The summed E-state index contributed by atoms with van der Waals surface area (Å²) in [5.74, 6) is 0.378. The van der Waals surface area contributed by atoms with Crippen LogP contribution in [0.4, 0.5) is 5.82 Å². The van der Waals surface area contributed by atoms with Crippen molar-refractivity contribution in [2.75, 3.05) is 44.2 Å². The van der Waals surface area contributed by atoms with Crippen LogP contribution in [0.25, 0.3) is 0 Å². The molecule has 41 heavy (non-hydrogen) atoms. The van der Waals surface area contributed by atoms with Crippen LogP contribution in [0.2, 0.25) is 0 Å². The minimum atomic E-state index is -4.23. The van der Waals surface area contributed by atoms with Gasteiger partial charge >= 0.3 is 13.5 Å². The van der Waals surface area contributed by atoms with Crippen molar-refractivity contribution in [2.24, 2.45) is 10.8 Å². The van der Waals surface area contributed by atoms with Crippen LogP contribution in [-0.4, -0.2) is 81.6 Å². The zero-order chi connectivity index (χ0) is 31.2. The highest BCUT2D eigenvalue weighted by molar-refractivity contribution is 9.10. The van der Waals surface area contributed by atoms with Gasteiger partial charge in [-0.1, -0.05) is 65.1 Å². The second kappa shape index (κ2) is 15.3. The third-order valence-electron chi connectivity index (χ3n) is 5.55. The largest absolute Gasteiger partial charge is 0.474 e. The van der Waals surface area contributed by atoms with Gasteiger partial charge in [0.05, 0.1) is 24.3 Å². The number of nitrogen functional groups attached to an aromatic ring is 1. The standard InChI is InChI=1S/C24H39BrN3O10PS2/c1-23(2,3)20(30)40-10-8-35-39(33,36-9-11-41-21(31)24(4,5)6)37-13-15-16(29)17(34-7)19(38-15)28-12-14(25)18(26)27-22(28)32/h12,15-17,19,29H,8-11,13H2,1-7H3,(H2,26,27,32). The van der Waals surface area contributed by atoms with Crippen molar-refractivity contribution in [3.05, 3.63) is 21.2 Å². The van der Waals surface area contributed by atoms with E-state index in [1.165, 1.54) is 13.3 Å². The van der Waals surface area contributed by atoms with Gasteiger partial charge in [0.1, 0.15) is 24.1 Å². The Labute approximate surface area is 256 Å². The molecular formula is C24H39BrN3O10PS2. The molecule has 1 fully saturated rings. The zero-order valence-corrected chi connectivity index (χ0v) is 28.3. The van der Waals surface area contributed by atoms with E-state index in [2.05, 4.69) is 20.9 Å². The summed E-state index contributed by atoms with van der Waals surface area (Å²) < 4.78 is 42.6. The molecule has 234 valence electrons. The number of hydrogen-bond donors (Lipinski definition) is 2. The van der Waals surface area contributed by atoms with Crippen LogP contribution in [0, 0.1) is 10.8 Å². The third kappa shape index (κ3) is 10.7. The van der Waals surface area contributed by atoms with Gasteiger partial charge in [-0.25, -0.2) is 9.36 Å². The number of ether oxygens (including phenoxy) is 2. The molecule has 3 N–H and O–H groups in total. The predicted octanol–water partition coefficient (Wildman–Crippen LogP) is 3.63. The molecule has 17 heteroatoms. The maximum absolute atomic E-state index is 13.5. The minimum absolute atomic E-state index is 0.0152. The molecule has 1 aromatic heterocycles. The fourth-order valence-corrected chi connectivity index (χ4v) is 6.56. The number of nitrogens with zero attached hydrogens (tertiary/aromatic N) is 2. The Morgan fingerprint density at radius 3 is 2.07 bits per heavy atom. The summed E-state index contributed by atoms with van der Waals surface area (Å²) in [7, 11) is -2.89. The molecule has 1 saturated heterocycles. The number of phosphoric acid groups is 1. The van der Waals surface area contributed by atoms with Crippen LogP contribution in [-0.2, 0) is 37.2 Å². The summed E-state index contributed by atoms with van der Waals surface area (Å²) in [6.45, 7) is 10.0. The molecule has 1 aliphatic rings. The Morgan fingerprint density at radius 2 is 1.61 bits per heavy atom. The average Bonchev–Trinajstić information content (AvgIpc) is 3.19. The number of aliphatic hydroxyl groups is 1. The highest BCUT2D eigenvalue weighted by Crippen LogP contribution is 2.50. The number of nitrogens with two attached hydrogens (primary N) is 1. The molecule has 13 nitrogen and oxygen atoms in total. The number of hydrogen-bond acceptors (Lipinski definition) is 14. The molecule has 1 aliphatic heterocycles. The van der Waals surface area contributed by atoms with E-state index in [4.69, 9.17) is 28.8 Å². The van der Waals surface area contributed by atoms with E-state index in [1.54, 1.807) is 41.5 Å². The normalized spacial score (nSPS) is 21.8. The summed E-state index contributed by atoms with van der Waals surface area (Å²) in [6, 6.07) is 0. The lowest BCUT2D eigenvalue weighted by molar-refractivity contribution is -0.118. The molecule has 0 aromatic carbocycles.